The highest BCUT2D eigenvalue weighted by atomic mass is 14.7. The zero-order valence-corrected chi connectivity index (χ0v) is 15.8. The van der Waals surface area contributed by atoms with E-state index < -0.39 is 0 Å². The Morgan fingerprint density at radius 3 is 1.83 bits per heavy atom. The molecule has 0 N–H and O–H groups in total. The molecule has 0 aliphatic heterocycles. The molecule has 0 amide bonds. The Morgan fingerprint density at radius 2 is 1.07 bits per heavy atom. The number of nitrogens with zero attached hydrogens (tertiary/aromatic N) is 1. The van der Waals surface area contributed by atoms with E-state index in [4.69, 9.17) is 4.98 Å². The van der Waals surface area contributed by atoms with Gasteiger partial charge in [-0.05, 0) is 50.2 Å². The molecular formula is C28H17N. The Bertz CT molecular complexity index is 1410. The van der Waals surface area contributed by atoms with E-state index >= 15 is 0 Å². The monoisotopic (exact) mass is 367 g/mol. The number of benzene rings is 4. The van der Waals surface area contributed by atoms with E-state index in [1.54, 1.807) is 0 Å². The summed E-state index contributed by atoms with van der Waals surface area (Å²) in [4.78, 5) is 5.04. The molecule has 1 heteroatoms. The first-order valence-electron chi connectivity index (χ1n) is 10.1. The smallest absolute Gasteiger partial charge is 0.0898 e. The van der Waals surface area contributed by atoms with Gasteiger partial charge in [-0.2, -0.15) is 0 Å². The lowest BCUT2D eigenvalue weighted by Gasteiger charge is -2.38. The second-order valence-electron chi connectivity index (χ2n) is 7.95. The van der Waals surface area contributed by atoms with E-state index in [9.17, 15) is 0 Å². The van der Waals surface area contributed by atoms with Crippen molar-refractivity contribution in [3.8, 4) is 22.3 Å². The molecule has 7 rings (SSSR count). The van der Waals surface area contributed by atoms with Crippen LogP contribution in [0, 0.1) is 0 Å². The molecule has 1 nitrogen and oxygen atoms in total. The Kier molecular flexibility index (Phi) is 2.74. The normalized spacial score (nSPS) is 14.5. The van der Waals surface area contributed by atoms with Gasteiger partial charge in [-0.1, -0.05) is 91.0 Å². The minimum atomic E-state index is -0.377. The van der Waals surface area contributed by atoms with E-state index in [0.29, 0.717) is 0 Å². The van der Waals surface area contributed by atoms with E-state index in [2.05, 4.69) is 97.1 Å². The van der Waals surface area contributed by atoms with Crippen LogP contribution in [-0.4, -0.2) is 4.98 Å². The highest BCUT2D eigenvalue weighted by Gasteiger charge is 2.50. The molecule has 4 aromatic carbocycles. The van der Waals surface area contributed by atoms with Gasteiger partial charge in [0.05, 0.1) is 11.1 Å². The summed E-state index contributed by atoms with van der Waals surface area (Å²) in [6, 6.07) is 35.4. The Hall–Kier alpha value is -3.71. The van der Waals surface area contributed by atoms with Crippen molar-refractivity contribution in [2.45, 2.75) is 5.41 Å². The molecule has 1 aromatic heterocycles. The molecule has 0 saturated carbocycles. The Balaban J connectivity index is 1.80. The summed E-state index contributed by atoms with van der Waals surface area (Å²) in [7, 11) is 0. The lowest BCUT2D eigenvalue weighted by Crippen LogP contribution is -2.32. The van der Waals surface area contributed by atoms with Gasteiger partial charge in [-0.25, -0.2) is 0 Å². The third-order valence-electron chi connectivity index (χ3n) is 6.71. The van der Waals surface area contributed by atoms with Crippen LogP contribution < -0.4 is 0 Å². The largest absolute Gasteiger partial charge is 0.259 e. The Morgan fingerprint density at radius 1 is 0.483 bits per heavy atom. The molecule has 0 fully saturated rings. The lowest BCUT2D eigenvalue weighted by molar-refractivity contribution is 0.739. The summed E-state index contributed by atoms with van der Waals surface area (Å²) >= 11 is 0. The average Bonchev–Trinajstić information content (AvgIpc) is 3.09. The van der Waals surface area contributed by atoms with E-state index in [-0.39, 0.29) is 5.41 Å². The van der Waals surface area contributed by atoms with Gasteiger partial charge in [0.25, 0.3) is 0 Å². The van der Waals surface area contributed by atoms with Gasteiger partial charge in [0.15, 0.2) is 0 Å². The first-order valence-corrected chi connectivity index (χ1v) is 10.1. The number of pyridine rings is 1. The molecule has 2 aliphatic rings. The van der Waals surface area contributed by atoms with Crippen LogP contribution in [-0.2, 0) is 5.41 Å². The second kappa shape index (κ2) is 5.21. The number of hydrogen-bond donors (Lipinski definition) is 0. The van der Waals surface area contributed by atoms with Gasteiger partial charge in [0.2, 0.25) is 0 Å². The van der Waals surface area contributed by atoms with Crippen LogP contribution in [0.25, 0.3) is 33.0 Å². The highest BCUT2D eigenvalue weighted by molar-refractivity contribution is 6.06. The van der Waals surface area contributed by atoms with Gasteiger partial charge in [-0.15, -0.1) is 0 Å². The first-order chi connectivity index (χ1) is 14.4. The summed E-state index contributed by atoms with van der Waals surface area (Å²) in [6.07, 6.45) is 1.94. The van der Waals surface area contributed by atoms with Crippen LogP contribution in [0.2, 0.25) is 0 Å². The van der Waals surface area contributed by atoms with E-state index in [1.165, 1.54) is 49.7 Å². The maximum Gasteiger partial charge on any atom is 0.0898 e. The molecule has 0 bridgehead atoms. The number of aromatic nitrogens is 1. The van der Waals surface area contributed by atoms with Crippen molar-refractivity contribution in [1.82, 2.24) is 4.98 Å². The zero-order valence-electron chi connectivity index (χ0n) is 15.8. The van der Waals surface area contributed by atoms with Crippen LogP contribution in [0.15, 0.2) is 103 Å². The quantitative estimate of drug-likeness (QED) is 0.295. The molecule has 0 atom stereocenters. The molecule has 5 aromatic rings. The Labute approximate surface area is 169 Å². The van der Waals surface area contributed by atoms with Crippen molar-refractivity contribution in [1.29, 1.82) is 0 Å². The summed E-state index contributed by atoms with van der Waals surface area (Å²) in [5.41, 5.74) is 9.94. The number of hydrogen-bond acceptors (Lipinski definition) is 1. The predicted octanol–water partition coefficient (Wildman–Crippen LogP) is 6.58. The molecule has 0 saturated heterocycles. The van der Waals surface area contributed by atoms with Crippen LogP contribution in [0.4, 0.5) is 0 Å². The van der Waals surface area contributed by atoms with Crippen LogP contribution in [0.1, 0.15) is 22.4 Å². The summed E-state index contributed by atoms with van der Waals surface area (Å²) < 4.78 is 0. The van der Waals surface area contributed by atoms with Gasteiger partial charge >= 0.3 is 0 Å². The topological polar surface area (TPSA) is 12.9 Å². The first kappa shape index (κ1) is 15.2. The maximum atomic E-state index is 5.04. The van der Waals surface area contributed by atoms with Gasteiger partial charge in [-0.3, -0.25) is 4.98 Å². The SMILES string of the molecule is c1ccc2c(c1)-c1ccccc1C21c2ncccc2-c2cccc3cccc1c23. The molecule has 0 unspecified atom stereocenters. The third kappa shape index (κ3) is 1.66. The molecule has 1 heterocycles. The van der Waals surface area contributed by atoms with Crippen LogP contribution in [0.5, 0.6) is 0 Å². The predicted molar refractivity (Wildman–Crippen MR) is 118 cm³/mol. The van der Waals surface area contributed by atoms with Crippen molar-refractivity contribution < 1.29 is 0 Å². The fourth-order valence-corrected chi connectivity index (χ4v) is 5.71. The summed E-state index contributed by atoms with van der Waals surface area (Å²) in [6.45, 7) is 0. The van der Waals surface area contributed by atoms with Crippen LogP contribution in [0.3, 0.4) is 0 Å². The highest BCUT2D eigenvalue weighted by Crippen LogP contribution is 2.60. The van der Waals surface area contributed by atoms with Crippen molar-refractivity contribution in [2.75, 3.05) is 0 Å². The minimum Gasteiger partial charge on any atom is -0.259 e. The molecule has 1 spiro atoms. The molecule has 134 valence electrons. The maximum absolute atomic E-state index is 5.04. The van der Waals surface area contributed by atoms with Crippen molar-refractivity contribution in [3.63, 3.8) is 0 Å². The fourth-order valence-electron chi connectivity index (χ4n) is 5.71. The summed E-state index contributed by atoms with van der Waals surface area (Å²) in [5, 5.41) is 2.64. The van der Waals surface area contributed by atoms with Crippen molar-refractivity contribution >= 4 is 10.8 Å². The molecular weight excluding hydrogens is 350 g/mol. The number of rotatable bonds is 0. The fraction of sp³-hybridized carbons (Fsp3) is 0.0357. The van der Waals surface area contributed by atoms with Crippen molar-refractivity contribution in [2.24, 2.45) is 0 Å². The lowest BCUT2D eigenvalue weighted by atomic mass is 9.63. The average molecular weight is 367 g/mol. The van der Waals surface area contributed by atoms with Crippen LogP contribution >= 0.6 is 0 Å². The van der Waals surface area contributed by atoms with Gasteiger partial charge in [0.1, 0.15) is 0 Å². The van der Waals surface area contributed by atoms with E-state index in [0.717, 1.165) is 5.69 Å². The second-order valence-corrected chi connectivity index (χ2v) is 7.95. The molecule has 2 aliphatic carbocycles. The van der Waals surface area contributed by atoms with Gasteiger partial charge < -0.3 is 0 Å². The zero-order chi connectivity index (χ0) is 19.0. The standard InChI is InChI=1S/C28H17N/c1-3-14-23-19(10-1)20-11-2-4-15-24(20)28(23)25-16-6-9-18-8-5-12-21(26(18)25)22-13-7-17-29-27(22)28/h1-17H. The molecule has 0 radical (unpaired) electrons. The minimum absolute atomic E-state index is 0.377. The van der Waals surface area contributed by atoms with Gasteiger partial charge in [0, 0.05) is 11.8 Å². The molecule has 29 heavy (non-hydrogen) atoms. The summed E-state index contributed by atoms with van der Waals surface area (Å²) in [5.74, 6) is 0. The number of fused-ring (bicyclic) bond motifs is 9. The van der Waals surface area contributed by atoms with E-state index in [1.807, 2.05) is 6.20 Å². The van der Waals surface area contributed by atoms with Crippen molar-refractivity contribution in [3.05, 3.63) is 126 Å². The third-order valence-corrected chi connectivity index (χ3v) is 6.71.